The third-order valence-electron chi connectivity index (χ3n) is 6.00. The van der Waals surface area contributed by atoms with E-state index in [4.69, 9.17) is 10.00 Å². The Hall–Kier alpha value is -2.15. The van der Waals surface area contributed by atoms with E-state index in [-0.39, 0.29) is 0 Å². The Morgan fingerprint density at radius 3 is 2.26 bits per heavy atom. The van der Waals surface area contributed by atoms with Crippen LogP contribution >= 0.6 is 0 Å². The first-order valence-corrected chi connectivity index (χ1v) is 10.2. The SMILES string of the molecule is N#Cc1ccc(COCC2CC(c3ccc(CN4CCCC4)cc3)C2)cc1. The van der Waals surface area contributed by atoms with Gasteiger partial charge in [0, 0.05) is 13.2 Å². The second kappa shape index (κ2) is 8.69. The summed E-state index contributed by atoms with van der Waals surface area (Å²) in [6, 6.07) is 19.1. The third-order valence-corrected chi connectivity index (χ3v) is 6.00. The summed E-state index contributed by atoms with van der Waals surface area (Å²) in [5.74, 6) is 1.38. The van der Waals surface area contributed by atoms with E-state index >= 15 is 0 Å². The van der Waals surface area contributed by atoms with Crippen molar-refractivity contribution in [2.75, 3.05) is 19.7 Å². The van der Waals surface area contributed by atoms with E-state index in [0.717, 1.165) is 18.7 Å². The van der Waals surface area contributed by atoms with E-state index in [9.17, 15) is 0 Å². The van der Waals surface area contributed by atoms with Crippen molar-refractivity contribution in [2.45, 2.75) is 44.8 Å². The lowest BCUT2D eigenvalue weighted by Gasteiger charge is -2.35. The number of rotatable bonds is 7. The van der Waals surface area contributed by atoms with E-state index in [1.165, 1.54) is 49.9 Å². The molecule has 0 amide bonds. The molecule has 2 fully saturated rings. The fourth-order valence-electron chi connectivity index (χ4n) is 4.26. The Morgan fingerprint density at radius 1 is 0.926 bits per heavy atom. The molecular weight excluding hydrogens is 332 g/mol. The second-order valence-corrected chi connectivity index (χ2v) is 8.08. The molecule has 0 N–H and O–H groups in total. The monoisotopic (exact) mass is 360 g/mol. The van der Waals surface area contributed by atoms with Gasteiger partial charge >= 0.3 is 0 Å². The standard InChI is InChI=1S/C24H28N2O/c25-15-19-3-5-21(6-4-19)17-27-18-22-13-24(14-22)23-9-7-20(8-10-23)16-26-11-1-2-12-26/h3-10,22,24H,1-2,11-14,16-18H2. The van der Waals surface area contributed by atoms with E-state index in [1.54, 1.807) is 0 Å². The molecule has 27 heavy (non-hydrogen) atoms. The first-order valence-electron chi connectivity index (χ1n) is 10.2. The molecule has 2 aromatic rings. The predicted octanol–water partition coefficient (Wildman–Crippen LogP) is 4.86. The Bertz CT molecular complexity index is 764. The van der Waals surface area contributed by atoms with Gasteiger partial charge in [0.25, 0.3) is 0 Å². The molecular formula is C24H28N2O. The molecule has 1 saturated heterocycles. The van der Waals surface area contributed by atoms with Gasteiger partial charge in [-0.2, -0.15) is 5.26 Å². The molecule has 0 bridgehead atoms. The largest absolute Gasteiger partial charge is 0.376 e. The normalized spacial score (nSPS) is 22.3. The molecule has 0 aromatic heterocycles. The van der Waals surface area contributed by atoms with Gasteiger partial charge in [-0.25, -0.2) is 0 Å². The number of likely N-dealkylation sites (tertiary alicyclic amines) is 1. The van der Waals surface area contributed by atoms with E-state index in [2.05, 4.69) is 35.2 Å². The molecule has 140 valence electrons. The van der Waals surface area contributed by atoms with Crippen LogP contribution in [0.3, 0.4) is 0 Å². The summed E-state index contributed by atoms with van der Waals surface area (Å²) in [5, 5.41) is 8.83. The van der Waals surface area contributed by atoms with Crippen LogP contribution in [0.5, 0.6) is 0 Å². The minimum absolute atomic E-state index is 0.637. The molecule has 1 aliphatic heterocycles. The molecule has 3 heteroatoms. The van der Waals surface area contributed by atoms with Crippen LogP contribution in [0.25, 0.3) is 0 Å². The van der Waals surface area contributed by atoms with Crippen LogP contribution < -0.4 is 0 Å². The maximum Gasteiger partial charge on any atom is 0.0991 e. The average molecular weight is 361 g/mol. The molecule has 0 atom stereocenters. The van der Waals surface area contributed by atoms with Gasteiger partial charge in [0.15, 0.2) is 0 Å². The first-order chi connectivity index (χ1) is 13.3. The minimum Gasteiger partial charge on any atom is -0.376 e. The summed E-state index contributed by atoms with van der Waals surface area (Å²) < 4.78 is 5.89. The maximum absolute atomic E-state index is 8.83. The molecule has 0 unspecified atom stereocenters. The molecule has 1 heterocycles. The zero-order chi connectivity index (χ0) is 18.5. The molecule has 1 aliphatic carbocycles. The van der Waals surface area contributed by atoms with Crippen molar-refractivity contribution < 1.29 is 4.74 Å². The van der Waals surface area contributed by atoms with Gasteiger partial charge in [-0.15, -0.1) is 0 Å². The van der Waals surface area contributed by atoms with Gasteiger partial charge in [-0.3, -0.25) is 4.90 Å². The highest BCUT2D eigenvalue weighted by molar-refractivity contribution is 5.31. The number of nitriles is 1. The van der Waals surface area contributed by atoms with E-state index in [1.807, 2.05) is 24.3 Å². The van der Waals surface area contributed by atoms with Crippen molar-refractivity contribution >= 4 is 0 Å². The number of benzene rings is 2. The third kappa shape index (κ3) is 4.77. The topological polar surface area (TPSA) is 36.3 Å². The van der Waals surface area contributed by atoms with Crippen LogP contribution in [-0.4, -0.2) is 24.6 Å². The Morgan fingerprint density at radius 2 is 1.59 bits per heavy atom. The number of hydrogen-bond donors (Lipinski definition) is 0. The van der Waals surface area contributed by atoms with Crippen molar-refractivity contribution in [1.29, 1.82) is 5.26 Å². The summed E-state index contributed by atoms with van der Waals surface area (Å²) in [5.41, 5.74) is 4.77. The van der Waals surface area contributed by atoms with Gasteiger partial charge in [0.05, 0.1) is 18.2 Å². The summed E-state index contributed by atoms with van der Waals surface area (Å²) in [6.45, 7) is 5.10. The van der Waals surface area contributed by atoms with Gasteiger partial charge in [0.2, 0.25) is 0 Å². The fourth-order valence-corrected chi connectivity index (χ4v) is 4.26. The predicted molar refractivity (Wildman–Crippen MR) is 107 cm³/mol. The van der Waals surface area contributed by atoms with Crippen molar-refractivity contribution in [3.05, 3.63) is 70.8 Å². The van der Waals surface area contributed by atoms with Gasteiger partial charge in [0.1, 0.15) is 0 Å². The smallest absolute Gasteiger partial charge is 0.0991 e. The summed E-state index contributed by atoms with van der Waals surface area (Å²) in [4.78, 5) is 2.56. The second-order valence-electron chi connectivity index (χ2n) is 8.08. The van der Waals surface area contributed by atoms with E-state index < -0.39 is 0 Å². The molecule has 2 aliphatic rings. The minimum atomic E-state index is 0.637. The number of nitrogens with zero attached hydrogens (tertiary/aromatic N) is 2. The lowest BCUT2D eigenvalue weighted by atomic mass is 9.72. The Kier molecular flexibility index (Phi) is 5.87. The zero-order valence-electron chi connectivity index (χ0n) is 15.9. The summed E-state index contributed by atoms with van der Waals surface area (Å²) >= 11 is 0. The van der Waals surface area contributed by atoms with Crippen molar-refractivity contribution in [2.24, 2.45) is 5.92 Å². The Balaban J connectivity index is 1.17. The molecule has 2 aromatic carbocycles. The number of hydrogen-bond acceptors (Lipinski definition) is 3. The molecule has 0 spiro atoms. The van der Waals surface area contributed by atoms with Crippen LogP contribution in [0.2, 0.25) is 0 Å². The lowest BCUT2D eigenvalue weighted by molar-refractivity contribution is 0.0508. The van der Waals surface area contributed by atoms with Crippen LogP contribution in [0.1, 0.15) is 53.9 Å². The first kappa shape index (κ1) is 18.2. The highest BCUT2D eigenvalue weighted by Gasteiger charge is 2.30. The highest BCUT2D eigenvalue weighted by Crippen LogP contribution is 2.41. The number of ether oxygens (including phenoxy) is 1. The van der Waals surface area contributed by atoms with Crippen LogP contribution in [0.4, 0.5) is 0 Å². The average Bonchev–Trinajstić information content (AvgIpc) is 3.18. The van der Waals surface area contributed by atoms with E-state index in [0.29, 0.717) is 24.0 Å². The highest BCUT2D eigenvalue weighted by atomic mass is 16.5. The van der Waals surface area contributed by atoms with Crippen molar-refractivity contribution in [3.63, 3.8) is 0 Å². The van der Waals surface area contributed by atoms with Crippen LogP contribution in [-0.2, 0) is 17.9 Å². The lowest BCUT2D eigenvalue weighted by Crippen LogP contribution is -2.26. The van der Waals surface area contributed by atoms with Crippen molar-refractivity contribution in [1.82, 2.24) is 4.90 Å². The zero-order valence-corrected chi connectivity index (χ0v) is 15.9. The van der Waals surface area contributed by atoms with Crippen LogP contribution in [0, 0.1) is 17.2 Å². The van der Waals surface area contributed by atoms with Gasteiger partial charge < -0.3 is 4.74 Å². The van der Waals surface area contributed by atoms with Gasteiger partial charge in [-0.05, 0) is 79.4 Å². The van der Waals surface area contributed by atoms with Gasteiger partial charge in [-0.1, -0.05) is 36.4 Å². The van der Waals surface area contributed by atoms with Crippen molar-refractivity contribution in [3.8, 4) is 6.07 Å². The molecule has 1 saturated carbocycles. The van der Waals surface area contributed by atoms with Crippen LogP contribution in [0.15, 0.2) is 48.5 Å². The molecule has 3 nitrogen and oxygen atoms in total. The molecule has 0 radical (unpaired) electrons. The summed E-state index contributed by atoms with van der Waals surface area (Å²) in [7, 11) is 0. The summed E-state index contributed by atoms with van der Waals surface area (Å²) in [6.07, 6.45) is 5.18. The Labute approximate surface area is 162 Å². The fraction of sp³-hybridized carbons (Fsp3) is 0.458. The quantitative estimate of drug-likeness (QED) is 0.707. The maximum atomic E-state index is 8.83. The molecule has 4 rings (SSSR count).